The maximum absolute atomic E-state index is 11.9. The SMILES string of the molecule is [N-]=[N+]=NCC1CC(=O)N(c2ccc(Cl)cc2I)C1. The van der Waals surface area contributed by atoms with Crippen molar-refractivity contribution in [2.24, 2.45) is 11.0 Å². The summed E-state index contributed by atoms with van der Waals surface area (Å²) in [6.07, 6.45) is 0.428. The van der Waals surface area contributed by atoms with Crippen LogP contribution in [0, 0.1) is 9.49 Å². The number of carbonyl (C=O) groups is 1. The molecular formula is C11H10ClIN4O. The number of carbonyl (C=O) groups excluding carboxylic acids is 1. The normalized spacial score (nSPS) is 18.9. The maximum Gasteiger partial charge on any atom is 0.227 e. The van der Waals surface area contributed by atoms with Gasteiger partial charge in [0.1, 0.15) is 0 Å². The zero-order valence-corrected chi connectivity index (χ0v) is 12.3. The van der Waals surface area contributed by atoms with E-state index in [1.54, 1.807) is 11.0 Å². The minimum Gasteiger partial charge on any atom is -0.311 e. The Balaban J connectivity index is 2.18. The molecule has 0 radical (unpaired) electrons. The fourth-order valence-electron chi connectivity index (χ4n) is 1.99. The van der Waals surface area contributed by atoms with E-state index in [0.29, 0.717) is 24.5 Å². The average Bonchev–Trinajstić information content (AvgIpc) is 2.68. The van der Waals surface area contributed by atoms with E-state index in [9.17, 15) is 4.79 Å². The van der Waals surface area contributed by atoms with Gasteiger partial charge in [-0.15, -0.1) is 0 Å². The lowest BCUT2D eigenvalue weighted by molar-refractivity contribution is -0.117. The summed E-state index contributed by atoms with van der Waals surface area (Å²) in [7, 11) is 0. The molecule has 7 heteroatoms. The minimum atomic E-state index is 0.0633. The first-order valence-electron chi connectivity index (χ1n) is 5.38. The van der Waals surface area contributed by atoms with Crippen LogP contribution in [0.15, 0.2) is 23.3 Å². The van der Waals surface area contributed by atoms with E-state index >= 15 is 0 Å². The van der Waals surface area contributed by atoms with Gasteiger partial charge in [-0.2, -0.15) is 0 Å². The van der Waals surface area contributed by atoms with E-state index in [-0.39, 0.29) is 11.8 Å². The van der Waals surface area contributed by atoms with Crippen molar-refractivity contribution >= 4 is 45.8 Å². The van der Waals surface area contributed by atoms with Crippen LogP contribution in [0.2, 0.25) is 5.02 Å². The second kappa shape index (κ2) is 5.77. The van der Waals surface area contributed by atoms with Crippen LogP contribution in [0.3, 0.4) is 0 Å². The average molecular weight is 377 g/mol. The Hall–Kier alpha value is -0.980. The van der Waals surface area contributed by atoms with Gasteiger partial charge in [0.2, 0.25) is 5.91 Å². The molecule has 1 saturated heterocycles. The number of amides is 1. The molecule has 1 fully saturated rings. The number of anilines is 1. The third-order valence-electron chi connectivity index (χ3n) is 2.81. The smallest absolute Gasteiger partial charge is 0.227 e. The van der Waals surface area contributed by atoms with Gasteiger partial charge in [0, 0.05) is 33.0 Å². The van der Waals surface area contributed by atoms with Gasteiger partial charge in [-0.1, -0.05) is 16.7 Å². The van der Waals surface area contributed by atoms with Crippen molar-refractivity contribution in [2.45, 2.75) is 6.42 Å². The maximum atomic E-state index is 11.9. The van der Waals surface area contributed by atoms with Crippen molar-refractivity contribution in [3.05, 3.63) is 37.2 Å². The predicted octanol–water partition coefficient (Wildman–Crippen LogP) is 3.61. The summed E-state index contributed by atoms with van der Waals surface area (Å²) in [6, 6.07) is 5.44. The Morgan fingerprint density at radius 1 is 1.61 bits per heavy atom. The molecule has 1 amide bonds. The van der Waals surface area contributed by atoms with E-state index < -0.39 is 0 Å². The molecule has 1 aromatic carbocycles. The fraction of sp³-hybridized carbons (Fsp3) is 0.364. The Bertz CT molecular complexity index is 530. The predicted molar refractivity (Wildman–Crippen MR) is 78.6 cm³/mol. The number of rotatable bonds is 3. The van der Waals surface area contributed by atoms with Crippen molar-refractivity contribution in [3.63, 3.8) is 0 Å². The Morgan fingerprint density at radius 2 is 2.39 bits per heavy atom. The van der Waals surface area contributed by atoms with E-state index in [4.69, 9.17) is 17.1 Å². The second-order valence-electron chi connectivity index (χ2n) is 4.08. The molecule has 1 aliphatic rings. The molecule has 0 spiro atoms. The summed E-state index contributed by atoms with van der Waals surface area (Å²) in [5.74, 6) is 0.160. The van der Waals surface area contributed by atoms with Crippen LogP contribution in [-0.4, -0.2) is 19.0 Å². The fourth-order valence-corrected chi connectivity index (χ4v) is 3.15. The number of hydrogen-bond donors (Lipinski definition) is 0. The molecule has 0 saturated carbocycles. The number of azide groups is 1. The zero-order chi connectivity index (χ0) is 13.1. The highest BCUT2D eigenvalue weighted by Crippen LogP contribution is 2.31. The number of benzene rings is 1. The van der Waals surface area contributed by atoms with Crippen LogP contribution in [0.5, 0.6) is 0 Å². The van der Waals surface area contributed by atoms with Crippen LogP contribution in [0.25, 0.3) is 10.4 Å². The molecule has 0 bridgehead atoms. The Labute approximate surface area is 123 Å². The standard InChI is InChI=1S/C11H10ClIN4O/c12-8-1-2-10(9(13)4-8)17-6-7(3-11(17)18)5-15-16-14/h1-2,4,7H,3,5-6H2. The lowest BCUT2D eigenvalue weighted by atomic mass is 10.1. The quantitative estimate of drug-likeness (QED) is 0.344. The lowest BCUT2D eigenvalue weighted by Gasteiger charge is -2.18. The molecular weight excluding hydrogens is 367 g/mol. The summed E-state index contributed by atoms with van der Waals surface area (Å²) >= 11 is 8.06. The van der Waals surface area contributed by atoms with E-state index in [1.807, 2.05) is 12.1 Å². The first kappa shape index (κ1) is 13.5. The largest absolute Gasteiger partial charge is 0.311 e. The summed E-state index contributed by atoms with van der Waals surface area (Å²) in [4.78, 5) is 16.4. The van der Waals surface area contributed by atoms with Crippen molar-refractivity contribution in [3.8, 4) is 0 Å². The van der Waals surface area contributed by atoms with Gasteiger partial charge in [0.15, 0.2) is 0 Å². The van der Waals surface area contributed by atoms with E-state index in [2.05, 4.69) is 32.6 Å². The van der Waals surface area contributed by atoms with Crippen LogP contribution in [0.1, 0.15) is 6.42 Å². The Kier molecular flexibility index (Phi) is 4.31. The number of hydrogen-bond acceptors (Lipinski definition) is 2. The van der Waals surface area contributed by atoms with Gasteiger partial charge in [0.25, 0.3) is 0 Å². The molecule has 94 valence electrons. The first-order valence-corrected chi connectivity index (χ1v) is 6.83. The van der Waals surface area contributed by atoms with E-state index in [1.165, 1.54) is 0 Å². The van der Waals surface area contributed by atoms with Gasteiger partial charge in [-0.25, -0.2) is 0 Å². The van der Waals surface area contributed by atoms with Crippen molar-refractivity contribution < 1.29 is 4.79 Å². The molecule has 1 aliphatic heterocycles. The van der Waals surface area contributed by atoms with Crippen molar-refractivity contribution in [1.29, 1.82) is 0 Å². The number of nitrogens with zero attached hydrogens (tertiary/aromatic N) is 4. The summed E-state index contributed by atoms with van der Waals surface area (Å²) in [5, 5.41) is 4.18. The molecule has 18 heavy (non-hydrogen) atoms. The second-order valence-corrected chi connectivity index (χ2v) is 5.68. The molecule has 1 unspecified atom stereocenters. The van der Waals surface area contributed by atoms with Crippen LogP contribution in [-0.2, 0) is 4.79 Å². The third kappa shape index (κ3) is 2.88. The topological polar surface area (TPSA) is 69.1 Å². The molecule has 5 nitrogen and oxygen atoms in total. The summed E-state index contributed by atoms with van der Waals surface area (Å²) in [5.41, 5.74) is 9.16. The van der Waals surface area contributed by atoms with Gasteiger partial charge >= 0.3 is 0 Å². The molecule has 1 heterocycles. The minimum absolute atomic E-state index is 0.0633. The third-order valence-corrected chi connectivity index (χ3v) is 3.91. The van der Waals surface area contributed by atoms with Crippen LogP contribution >= 0.6 is 34.2 Å². The monoisotopic (exact) mass is 376 g/mol. The van der Waals surface area contributed by atoms with Gasteiger partial charge in [0.05, 0.1) is 5.69 Å². The Morgan fingerprint density at radius 3 is 3.06 bits per heavy atom. The molecule has 1 aromatic rings. The molecule has 0 N–H and O–H groups in total. The molecule has 0 aromatic heterocycles. The van der Waals surface area contributed by atoms with Crippen LogP contribution in [0.4, 0.5) is 5.69 Å². The highest BCUT2D eigenvalue weighted by molar-refractivity contribution is 14.1. The van der Waals surface area contributed by atoms with Gasteiger partial charge in [-0.3, -0.25) is 4.79 Å². The molecule has 2 rings (SSSR count). The molecule has 0 aliphatic carbocycles. The van der Waals surface area contributed by atoms with Gasteiger partial charge < -0.3 is 4.90 Å². The molecule has 1 atom stereocenters. The summed E-state index contributed by atoms with van der Waals surface area (Å²) < 4.78 is 0.942. The zero-order valence-electron chi connectivity index (χ0n) is 9.38. The van der Waals surface area contributed by atoms with Gasteiger partial charge in [-0.05, 0) is 52.2 Å². The highest BCUT2D eigenvalue weighted by Gasteiger charge is 2.30. The number of halogens is 2. The van der Waals surface area contributed by atoms with Crippen molar-refractivity contribution in [1.82, 2.24) is 0 Å². The van der Waals surface area contributed by atoms with Crippen LogP contribution < -0.4 is 4.90 Å². The first-order chi connectivity index (χ1) is 8.61. The highest BCUT2D eigenvalue weighted by atomic mass is 127. The van der Waals surface area contributed by atoms with E-state index in [0.717, 1.165) is 9.26 Å². The lowest BCUT2D eigenvalue weighted by Crippen LogP contribution is -2.25. The summed E-state index contributed by atoms with van der Waals surface area (Å²) in [6.45, 7) is 0.957. The van der Waals surface area contributed by atoms with Crippen molar-refractivity contribution in [2.75, 3.05) is 18.0 Å².